The van der Waals surface area contributed by atoms with E-state index in [2.05, 4.69) is 15.9 Å². The van der Waals surface area contributed by atoms with Gasteiger partial charge in [0.15, 0.2) is 5.78 Å². The molecule has 0 bridgehead atoms. The molecule has 1 fully saturated rings. The number of carbonyl (C=O) groups excluding carboxylic acids is 1. The second kappa shape index (κ2) is 6.27. The minimum absolute atomic E-state index is 0.0718. The van der Waals surface area contributed by atoms with E-state index in [1.807, 2.05) is 0 Å². The summed E-state index contributed by atoms with van der Waals surface area (Å²) in [5.74, 6) is 0.772. The van der Waals surface area contributed by atoms with Gasteiger partial charge in [0.1, 0.15) is 12.4 Å². The van der Waals surface area contributed by atoms with Gasteiger partial charge < -0.3 is 4.74 Å². The van der Waals surface area contributed by atoms with Crippen molar-refractivity contribution in [1.82, 2.24) is 0 Å². The van der Waals surface area contributed by atoms with Gasteiger partial charge in [-0.1, -0.05) is 36.0 Å². The molecule has 2 rings (SSSR count). The fraction of sp³-hybridized carbons (Fsp3) is 0.462. The number of hydrogen-bond donors (Lipinski definition) is 0. The number of ether oxygens (including phenoxy) is 1. The second-order valence-corrected chi connectivity index (χ2v) is 6.10. The summed E-state index contributed by atoms with van der Waals surface area (Å²) in [4.78, 5) is 11.9. The molecule has 2 nitrogen and oxygen atoms in total. The van der Waals surface area contributed by atoms with E-state index >= 15 is 0 Å². The van der Waals surface area contributed by atoms with Crippen molar-refractivity contribution in [3.63, 3.8) is 0 Å². The van der Waals surface area contributed by atoms with E-state index < -0.39 is 0 Å². The van der Waals surface area contributed by atoms with Crippen LogP contribution in [0.5, 0.6) is 5.75 Å². The number of hydrogen-bond acceptors (Lipinski definition) is 2. The van der Waals surface area contributed by atoms with Crippen LogP contribution >= 0.6 is 39.1 Å². The first kappa shape index (κ1) is 14.2. The Bertz CT molecular complexity index is 457. The third-order valence-electron chi connectivity index (χ3n) is 3.16. The Balaban J connectivity index is 1.97. The molecule has 1 aliphatic rings. The molecule has 1 aromatic rings. The number of Topliss-reactive ketones (excluding diaryl/α,β-unsaturated/α-hetero) is 1. The molecule has 1 aromatic carbocycles. The first-order valence-corrected chi connectivity index (χ1v) is 7.43. The van der Waals surface area contributed by atoms with Gasteiger partial charge in [-0.2, -0.15) is 0 Å². The number of rotatable bonds is 4. The zero-order valence-corrected chi connectivity index (χ0v) is 12.8. The fourth-order valence-corrected chi connectivity index (χ4v) is 2.98. The molecule has 0 saturated heterocycles. The summed E-state index contributed by atoms with van der Waals surface area (Å²) in [6, 6.07) is 3.29. The zero-order chi connectivity index (χ0) is 13.1. The lowest BCUT2D eigenvalue weighted by atomic mass is 10.0. The van der Waals surface area contributed by atoms with Gasteiger partial charge in [0.05, 0.1) is 10.0 Å². The molecule has 0 unspecified atom stereocenters. The number of carbonyl (C=O) groups is 1. The van der Waals surface area contributed by atoms with Crippen molar-refractivity contribution in [2.45, 2.75) is 25.7 Å². The standard InChI is InChI=1S/C13H13BrCl2O2/c14-9-5-11(16)13(6-10(9)15)18-7-12(17)8-3-1-2-4-8/h5-6,8H,1-4,7H2. The van der Waals surface area contributed by atoms with E-state index in [-0.39, 0.29) is 18.3 Å². The van der Waals surface area contributed by atoms with Crippen LogP contribution in [-0.2, 0) is 4.79 Å². The van der Waals surface area contributed by atoms with E-state index in [1.165, 1.54) is 0 Å². The minimum Gasteiger partial charge on any atom is -0.484 e. The van der Waals surface area contributed by atoms with Crippen LogP contribution in [0.1, 0.15) is 25.7 Å². The highest BCUT2D eigenvalue weighted by Gasteiger charge is 2.23. The lowest BCUT2D eigenvalue weighted by molar-refractivity contribution is -0.124. The Morgan fingerprint density at radius 1 is 1.28 bits per heavy atom. The molecule has 0 aliphatic heterocycles. The van der Waals surface area contributed by atoms with Crippen molar-refractivity contribution in [2.24, 2.45) is 5.92 Å². The van der Waals surface area contributed by atoms with E-state index in [0.717, 1.165) is 25.7 Å². The van der Waals surface area contributed by atoms with Crippen molar-refractivity contribution in [2.75, 3.05) is 6.61 Å². The third-order valence-corrected chi connectivity index (χ3v) is 4.65. The third kappa shape index (κ3) is 3.40. The Morgan fingerprint density at radius 2 is 1.94 bits per heavy atom. The van der Waals surface area contributed by atoms with Crippen LogP contribution in [0.15, 0.2) is 16.6 Å². The molecule has 1 aliphatic carbocycles. The summed E-state index contributed by atoms with van der Waals surface area (Å²) in [6.07, 6.45) is 4.25. The van der Waals surface area contributed by atoms with Crippen LogP contribution in [0.4, 0.5) is 0 Å². The first-order chi connectivity index (χ1) is 8.58. The highest BCUT2D eigenvalue weighted by molar-refractivity contribution is 9.10. The van der Waals surface area contributed by atoms with Gasteiger partial charge in [0.2, 0.25) is 0 Å². The number of benzene rings is 1. The maximum atomic E-state index is 11.9. The van der Waals surface area contributed by atoms with Crippen molar-refractivity contribution in [3.8, 4) is 5.75 Å². The van der Waals surface area contributed by atoms with Gasteiger partial charge in [0, 0.05) is 16.5 Å². The highest BCUT2D eigenvalue weighted by atomic mass is 79.9. The molecule has 18 heavy (non-hydrogen) atoms. The number of halogens is 3. The predicted molar refractivity (Wildman–Crippen MR) is 76.6 cm³/mol. The molecular weight excluding hydrogens is 339 g/mol. The Morgan fingerprint density at radius 3 is 2.61 bits per heavy atom. The van der Waals surface area contributed by atoms with Crippen molar-refractivity contribution < 1.29 is 9.53 Å². The normalized spacial score (nSPS) is 15.9. The van der Waals surface area contributed by atoms with Gasteiger partial charge in [0.25, 0.3) is 0 Å². The fourth-order valence-electron chi connectivity index (χ4n) is 2.13. The Kier molecular flexibility index (Phi) is 4.93. The lowest BCUT2D eigenvalue weighted by Crippen LogP contribution is -2.19. The quantitative estimate of drug-likeness (QED) is 0.721. The summed E-state index contributed by atoms with van der Waals surface area (Å²) >= 11 is 15.3. The van der Waals surface area contributed by atoms with Gasteiger partial charge in [-0.05, 0) is 34.8 Å². The maximum absolute atomic E-state index is 11.9. The minimum atomic E-state index is 0.0718. The molecule has 0 N–H and O–H groups in total. The summed E-state index contributed by atoms with van der Waals surface area (Å²) in [6.45, 7) is 0.0718. The van der Waals surface area contributed by atoms with E-state index in [9.17, 15) is 4.79 Å². The molecule has 0 spiro atoms. The molecular formula is C13H13BrCl2O2. The Hall–Kier alpha value is -0.250. The van der Waals surface area contributed by atoms with E-state index in [0.29, 0.717) is 20.3 Å². The van der Waals surface area contributed by atoms with Gasteiger partial charge in [-0.3, -0.25) is 4.79 Å². The molecule has 0 radical (unpaired) electrons. The average molecular weight is 352 g/mol. The van der Waals surface area contributed by atoms with Crippen LogP contribution < -0.4 is 4.74 Å². The number of ketones is 1. The molecule has 0 amide bonds. The second-order valence-electron chi connectivity index (χ2n) is 4.43. The summed E-state index contributed by atoms with van der Waals surface area (Å²) in [7, 11) is 0. The Labute approximate surface area is 125 Å². The smallest absolute Gasteiger partial charge is 0.173 e. The molecule has 5 heteroatoms. The van der Waals surface area contributed by atoms with Crippen LogP contribution in [0.2, 0.25) is 10.0 Å². The van der Waals surface area contributed by atoms with Gasteiger partial charge in [-0.25, -0.2) is 0 Å². The zero-order valence-electron chi connectivity index (χ0n) is 9.72. The van der Waals surface area contributed by atoms with Crippen molar-refractivity contribution >= 4 is 44.9 Å². The van der Waals surface area contributed by atoms with Crippen LogP contribution in [0.25, 0.3) is 0 Å². The molecule has 0 aromatic heterocycles. The van der Waals surface area contributed by atoms with Crippen molar-refractivity contribution in [3.05, 3.63) is 26.7 Å². The van der Waals surface area contributed by atoms with Crippen LogP contribution in [-0.4, -0.2) is 12.4 Å². The summed E-state index contributed by atoms with van der Waals surface area (Å²) in [5, 5.41) is 0.966. The summed E-state index contributed by atoms with van der Waals surface area (Å²) < 4.78 is 6.17. The largest absolute Gasteiger partial charge is 0.484 e. The average Bonchev–Trinajstić information content (AvgIpc) is 2.85. The highest BCUT2D eigenvalue weighted by Crippen LogP contribution is 2.34. The maximum Gasteiger partial charge on any atom is 0.173 e. The molecule has 98 valence electrons. The lowest BCUT2D eigenvalue weighted by Gasteiger charge is -2.11. The van der Waals surface area contributed by atoms with Crippen LogP contribution in [0, 0.1) is 5.92 Å². The van der Waals surface area contributed by atoms with Gasteiger partial charge >= 0.3 is 0 Å². The molecule has 0 atom stereocenters. The monoisotopic (exact) mass is 350 g/mol. The first-order valence-electron chi connectivity index (χ1n) is 5.88. The van der Waals surface area contributed by atoms with Gasteiger partial charge in [-0.15, -0.1) is 0 Å². The molecule has 1 saturated carbocycles. The van der Waals surface area contributed by atoms with Crippen molar-refractivity contribution in [1.29, 1.82) is 0 Å². The topological polar surface area (TPSA) is 26.3 Å². The summed E-state index contributed by atoms with van der Waals surface area (Å²) in [5.41, 5.74) is 0. The predicted octanol–water partition coefficient (Wildman–Crippen LogP) is 4.89. The van der Waals surface area contributed by atoms with E-state index in [4.69, 9.17) is 27.9 Å². The van der Waals surface area contributed by atoms with E-state index in [1.54, 1.807) is 12.1 Å². The molecule has 0 heterocycles. The van der Waals surface area contributed by atoms with Crippen LogP contribution in [0.3, 0.4) is 0 Å². The SMILES string of the molecule is O=C(COc1cc(Cl)c(Br)cc1Cl)C1CCCC1.